The van der Waals surface area contributed by atoms with Crippen LogP contribution in [0.5, 0.6) is 11.5 Å². The van der Waals surface area contributed by atoms with Crippen LogP contribution in [-0.2, 0) is 14.4 Å². The van der Waals surface area contributed by atoms with Crippen LogP contribution in [0.2, 0.25) is 0 Å². The summed E-state index contributed by atoms with van der Waals surface area (Å²) in [5, 5.41) is 6.93. The van der Waals surface area contributed by atoms with Crippen LogP contribution in [0.15, 0.2) is 23.4 Å². The molecule has 0 unspecified atom stereocenters. The van der Waals surface area contributed by atoms with Gasteiger partial charge in [-0.3, -0.25) is 4.79 Å². The fourth-order valence-electron chi connectivity index (χ4n) is 2.85. The van der Waals surface area contributed by atoms with Crippen molar-refractivity contribution in [1.29, 1.82) is 0 Å². The highest BCUT2D eigenvalue weighted by Crippen LogP contribution is 2.28. The number of oxime groups is 1. The Morgan fingerprint density at radius 2 is 2.25 bits per heavy atom. The van der Waals surface area contributed by atoms with E-state index in [0.29, 0.717) is 30.2 Å². The van der Waals surface area contributed by atoms with Gasteiger partial charge >= 0.3 is 0 Å². The Kier molecular flexibility index (Phi) is 5.20. The van der Waals surface area contributed by atoms with Gasteiger partial charge in [0.2, 0.25) is 6.10 Å². The number of carbonyl (C=O) groups excluding carboxylic acids is 1. The largest absolute Gasteiger partial charge is 0.497 e. The maximum absolute atomic E-state index is 12.2. The Morgan fingerprint density at radius 3 is 2.96 bits per heavy atom. The molecule has 7 heteroatoms. The van der Waals surface area contributed by atoms with E-state index in [1.165, 1.54) is 0 Å². The number of methoxy groups -OCH3 is 2. The predicted molar refractivity (Wildman–Crippen MR) is 87.6 cm³/mol. The van der Waals surface area contributed by atoms with Gasteiger partial charge in [0.25, 0.3) is 5.91 Å². The molecule has 0 spiro atoms. The summed E-state index contributed by atoms with van der Waals surface area (Å²) in [5.74, 6) is 1.18. The van der Waals surface area contributed by atoms with Crippen molar-refractivity contribution in [3.8, 4) is 11.5 Å². The van der Waals surface area contributed by atoms with E-state index < -0.39 is 6.10 Å². The van der Waals surface area contributed by atoms with Crippen LogP contribution in [0.4, 0.5) is 0 Å². The highest BCUT2D eigenvalue weighted by atomic mass is 16.6. The summed E-state index contributed by atoms with van der Waals surface area (Å²) < 4.78 is 16.1. The molecule has 2 aliphatic rings. The van der Waals surface area contributed by atoms with Gasteiger partial charge < -0.3 is 24.4 Å². The van der Waals surface area contributed by atoms with Crippen molar-refractivity contribution >= 4 is 11.6 Å². The molecule has 1 amide bonds. The first-order valence-electron chi connectivity index (χ1n) is 8.05. The maximum Gasteiger partial charge on any atom is 0.264 e. The molecule has 0 radical (unpaired) electrons. The standard InChI is InChI=1S/C17H22N2O5/c1-21-11-5-6-15(22-2)13(8-11)14-9-16(24-19-14)17(20)18-10-12-4-3-7-23-12/h5-6,8,12,16H,3-4,7,9-10H2,1-2H3,(H,18,20)/t12-,16-/m0/s1. The minimum Gasteiger partial charge on any atom is -0.497 e. The van der Waals surface area contributed by atoms with E-state index in [2.05, 4.69) is 10.5 Å². The van der Waals surface area contributed by atoms with Crippen molar-refractivity contribution < 1.29 is 23.8 Å². The molecule has 24 heavy (non-hydrogen) atoms. The van der Waals surface area contributed by atoms with Crippen LogP contribution in [0.1, 0.15) is 24.8 Å². The molecule has 1 aromatic rings. The average molecular weight is 334 g/mol. The van der Waals surface area contributed by atoms with Crippen LogP contribution in [-0.4, -0.2) is 51.2 Å². The second-order valence-corrected chi connectivity index (χ2v) is 5.78. The van der Waals surface area contributed by atoms with Gasteiger partial charge in [0.15, 0.2) is 0 Å². The molecule has 1 fully saturated rings. The molecule has 2 heterocycles. The number of hydrogen-bond acceptors (Lipinski definition) is 6. The van der Waals surface area contributed by atoms with Gasteiger partial charge in [-0.25, -0.2) is 0 Å². The van der Waals surface area contributed by atoms with Crippen molar-refractivity contribution in [1.82, 2.24) is 5.32 Å². The molecule has 130 valence electrons. The number of rotatable bonds is 6. The zero-order valence-electron chi connectivity index (χ0n) is 13.9. The lowest BCUT2D eigenvalue weighted by Crippen LogP contribution is -2.39. The molecule has 3 rings (SSSR count). The van der Waals surface area contributed by atoms with E-state index >= 15 is 0 Å². The number of nitrogens with zero attached hydrogens (tertiary/aromatic N) is 1. The SMILES string of the molecule is COc1ccc(OC)c(C2=NO[C@H](C(=O)NC[C@@H]3CCCO3)C2)c1. The normalized spacial score (nSPS) is 22.7. The zero-order valence-corrected chi connectivity index (χ0v) is 13.9. The van der Waals surface area contributed by atoms with E-state index in [0.717, 1.165) is 25.0 Å². The van der Waals surface area contributed by atoms with Crippen LogP contribution in [0.25, 0.3) is 0 Å². The monoisotopic (exact) mass is 334 g/mol. The summed E-state index contributed by atoms with van der Waals surface area (Å²) in [5.41, 5.74) is 1.44. The molecule has 1 aromatic carbocycles. The summed E-state index contributed by atoms with van der Waals surface area (Å²) in [6.07, 6.45) is 1.89. The van der Waals surface area contributed by atoms with Gasteiger partial charge in [0.1, 0.15) is 11.5 Å². The second kappa shape index (κ2) is 7.53. The molecule has 0 aromatic heterocycles. The van der Waals surface area contributed by atoms with E-state index in [1.807, 2.05) is 18.2 Å². The molecule has 1 saturated heterocycles. The zero-order chi connectivity index (χ0) is 16.9. The number of benzene rings is 1. The number of carbonyl (C=O) groups is 1. The van der Waals surface area contributed by atoms with Gasteiger partial charge in [0, 0.05) is 25.1 Å². The lowest BCUT2D eigenvalue weighted by Gasteiger charge is -2.13. The molecule has 1 N–H and O–H groups in total. The van der Waals surface area contributed by atoms with Gasteiger partial charge in [-0.1, -0.05) is 5.16 Å². The Balaban J connectivity index is 1.61. The molecular formula is C17H22N2O5. The highest BCUT2D eigenvalue weighted by Gasteiger charge is 2.31. The Morgan fingerprint density at radius 1 is 1.38 bits per heavy atom. The summed E-state index contributed by atoms with van der Waals surface area (Å²) in [7, 11) is 3.19. The first-order valence-corrected chi connectivity index (χ1v) is 8.05. The van der Waals surface area contributed by atoms with E-state index in [4.69, 9.17) is 19.0 Å². The maximum atomic E-state index is 12.2. The summed E-state index contributed by atoms with van der Waals surface area (Å²) >= 11 is 0. The molecule has 2 atom stereocenters. The number of hydrogen-bond donors (Lipinski definition) is 1. The predicted octanol–water partition coefficient (Wildman–Crippen LogP) is 1.49. The summed E-state index contributed by atoms with van der Waals surface area (Å²) in [6.45, 7) is 1.28. The summed E-state index contributed by atoms with van der Waals surface area (Å²) in [4.78, 5) is 17.5. The molecule has 7 nitrogen and oxygen atoms in total. The lowest BCUT2D eigenvalue weighted by molar-refractivity contribution is -0.131. The first-order chi connectivity index (χ1) is 11.7. The lowest BCUT2D eigenvalue weighted by atomic mass is 10.0. The van der Waals surface area contributed by atoms with Crippen LogP contribution in [0.3, 0.4) is 0 Å². The van der Waals surface area contributed by atoms with Gasteiger partial charge in [-0.05, 0) is 31.0 Å². The van der Waals surface area contributed by atoms with Crippen LogP contribution in [0, 0.1) is 0 Å². The minimum atomic E-state index is -0.627. The number of amides is 1. The Bertz CT molecular complexity index is 625. The molecule has 0 aliphatic carbocycles. The topological polar surface area (TPSA) is 78.4 Å². The molecule has 0 saturated carbocycles. The highest BCUT2D eigenvalue weighted by molar-refractivity contribution is 6.06. The number of ether oxygens (including phenoxy) is 3. The minimum absolute atomic E-state index is 0.106. The second-order valence-electron chi connectivity index (χ2n) is 5.78. The van der Waals surface area contributed by atoms with Crippen molar-refractivity contribution in [2.24, 2.45) is 5.16 Å². The van der Waals surface area contributed by atoms with E-state index in [9.17, 15) is 4.79 Å². The Labute approximate surface area is 140 Å². The third kappa shape index (κ3) is 3.62. The third-order valence-electron chi connectivity index (χ3n) is 4.21. The van der Waals surface area contributed by atoms with Crippen LogP contribution < -0.4 is 14.8 Å². The molecular weight excluding hydrogens is 312 g/mol. The van der Waals surface area contributed by atoms with Crippen molar-refractivity contribution in [3.05, 3.63) is 23.8 Å². The molecule has 2 aliphatic heterocycles. The van der Waals surface area contributed by atoms with E-state index in [1.54, 1.807) is 14.2 Å². The van der Waals surface area contributed by atoms with Crippen molar-refractivity contribution in [3.63, 3.8) is 0 Å². The smallest absolute Gasteiger partial charge is 0.264 e. The number of nitrogens with one attached hydrogen (secondary N) is 1. The van der Waals surface area contributed by atoms with Crippen molar-refractivity contribution in [2.45, 2.75) is 31.5 Å². The fourth-order valence-corrected chi connectivity index (χ4v) is 2.85. The quantitative estimate of drug-likeness (QED) is 0.853. The van der Waals surface area contributed by atoms with E-state index in [-0.39, 0.29) is 12.0 Å². The van der Waals surface area contributed by atoms with Gasteiger partial charge in [-0.2, -0.15) is 0 Å². The van der Waals surface area contributed by atoms with Crippen LogP contribution >= 0.6 is 0 Å². The summed E-state index contributed by atoms with van der Waals surface area (Å²) in [6, 6.07) is 5.44. The first kappa shape index (κ1) is 16.6. The van der Waals surface area contributed by atoms with Gasteiger partial charge in [-0.15, -0.1) is 0 Å². The Hall–Kier alpha value is -2.28. The fraction of sp³-hybridized carbons (Fsp3) is 0.529. The van der Waals surface area contributed by atoms with Crippen molar-refractivity contribution in [2.75, 3.05) is 27.4 Å². The average Bonchev–Trinajstić information content (AvgIpc) is 3.30. The third-order valence-corrected chi connectivity index (χ3v) is 4.21. The van der Waals surface area contributed by atoms with Gasteiger partial charge in [0.05, 0.1) is 26.0 Å². The molecule has 0 bridgehead atoms.